The van der Waals surface area contributed by atoms with E-state index < -0.39 is 29.9 Å². The van der Waals surface area contributed by atoms with Crippen LogP contribution in [0.5, 0.6) is 0 Å². The van der Waals surface area contributed by atoms with Gasteiger partial charge in [0.15, 0.2) is 0 Å². The van der Waals surface area contributed by atoms with Crippen molar-refractivity contribution in [1.82, 2.24) is 10.6 Å². The number of carboxylic acid groups (broad SMARTS) is 2. The molecule has 1 aromatic carbocycles. The standard InChI is InChI=1S/C20H29N3O6S/c21-12-4-8-16(20(28)29)23-19(27)15(10-11-18(25)26)22-17(24)9-5-13-30-14-6-2-1-3-7-14/h1-3,6-7,15-16H,4-5,8-13,21H2,(H,22,24)(H,23,27)(H,25,26)(H,28,29)/t15-,16-/m1/s1. The normalized spacial score (nSPS) is 12.6. The molecule has 9 nitrogen and oxygen atoms in total. The van der Waals surface area contributed by atoms with Crippen LogP contribution in [0, 0.1) is 0 Å². The summed E-state index contributed by atoms with van der Waals surface area (Å²) in [5, 5.41) is 23.0. The van der Waals surface area contributed by atoms with Crippen LogP contribution in [0.4, 0.5) is 0 Å². The van der Waals surface area contributed by atoms with Gasteiger partial charge in [-0.1, -0.05) is 18.2 Å². The van der Waals surface area contributed by atoms with Crippen LogP contribution in [0.25, 0.3) is 0 Å². The van der Waals surface area contributed by atoms with Crippen LogP contribution in [0.15, 0.2) is 35.2 Å². The molecule has 30 heavy (non-hydrogen) atoms. The van der Waals surface area contributed by atoms with Gasteiger partial charge in [-0.05, 0) is 50.1 Å². The maximum absolute atomic E-state index is 12.5. The van der Waals surface area contributed by atoms with Crippen LogP contribution in [0.3, 0.4) is 0 Å². The first kappa shape index (κ1) is 25.4. The van der Waals surface area contributed by atoms with E-state index >= 15 is 0 Å². The maximum Gasteiger partial charge on any atom is 0.326 e. The van der Waals surface area contributed by atoms with Gasteiger partial charge in [0.2, 0.25) is 11.8 Å². The first-order valence-corrected chi connectivity index (χ1v) is 10.7. The first-order valence-electron chi connectivity index (χ1n) is 9.75. The van der Waals surface area contributed by atoms with Crippen molar-refractivity contribution >= 4 is 35.5 Å². The number of carbonyl (C=O) groups excluding carboxylic acids is 2. The van der Waals surface area contributed by atoms with E-state index in [1.165, 1.54) is 0 Å². The molecule has 166 valence electrons. The minimum atomic E-state index is -1.21. The molecule has 0 aliphatic carbocycles. The molecule has 0 spiro atoms. The monoisotopic (exact) mass is 439 g/mol. The molecule has 0 aromatic heterocycles. The van der Waals surface area contributed by atoms with Crippen LogP contribution in [0.2, 0.25) is 0 Å². The average Bonchev–Trinajstić information content (AvgIpc) is 2.71. The minimum Gasteiger partial charge on any atom is -0.481 e. The summed E-state index contributed by atoms with van der Waals surface area (Å²) in [5.41, 5.74) is 5.38. The molecule has 0 saturated carbocycles. The highest BCUT2D eigenvalue weighted by Gasteiger charge is 2.26. The van der Waals surface area contributed by atoms with Gasteiger partial charge in [-0.2, -0.15) is 0 Å². The number of carbonyl (C=O) groups is 4. The lowest BCUT2D eigenvalue weighted by Crippen LogP contribution is -2.51. The van der Waals surface area contributed by atoms with Gasteiger partial charge >= 0.3 is 11.9 Å². The molecule has 6 N–H and O–H groups in total. The first-order chi connectivity index (χ1) is 14.3. The van der Waals surface area contributed by atoms with Crippen LogP contribution >= 0.6 is 11.8 Å². The average molecular weight is 440 g/mol. The van der Waals surface area contributed by atoms with E-state index in [0.29, 0.717) is 18.6 Å². The Morgan fingerprint density at radius 1 is 0.933 bits per heavy atom. The summed E-state index contributed by atoms with van der Waals surface area (Å²) >= 11 is 1.61. The Morgan fingerprint density at radius 2 is 1.63 bits per heavy atom. The summed E-state index contributed by atoms with van der Waals surface area (Å²) in [7, 11) is 0. The molecule has 2 amide bonds. The molecule has 0 fully saturated rings. The van der Waals surface area contributed by atoms with Crippen LogP contribution in [0.1, 0.15) is 38.5 Å². The van der Waals surface area contributed by atoms with Crippen molar-refractivity contribution in [3.63, 3.8) is 0 Å². The molecular formula is C20H29N3O6S. The molecule has 0 aliphatic rings. The fraction of sp³-hybridized carbons (Fsp3) is 0.500. The van der Waals surface area contributed by atoms with Gasteiger partial charge in [0, 0.05) is 17.7 Å². The lowest BCUT2D eigenvalue weighted by Gasteiger charge is -2.21. The van der Waals surface area contributed by atoms with Crippen molar-refractivity contribution in [3.05, 3.63) is 30.3 Å². The SMILES string of the molecule is NCCC[C@@H](NC(=O)[C@@H](CCC(=O)O)NC(=O)CCCSc1ccccc1)C(=O)O. The number of hydrogen-bond acceptors (Lipinski definition) is 6. The zero-order valence-electron chi connectivity index (χ0n) is 16.7. The van der Waals surface area contributed by atoms with Gasteiger partial charge in [0.1, 0.15) is 12.1 Å². The van der Waals surface area contributed by atoms with E-state index in [4.69, 9.17) is 10.8 Å². The van der Waals surface area contributed by atoms with Crippen LogP contribution in [-0.2, 0) is 19.2 Å². The number of aliphatic carboxylic acids is 2. The number of thioether (sulfide) groups is 1. The van der Waals surface area contributed by atoms with Gasteiger partial charge in [0.25, 0.3) is 0 Å². The van der Waals surface area contributed by atoms with Gasteiger partial charge in [-0.25, -0.2) is 4.79 Å². The van der Waals surface area contributed by atoms with Crippen molar-refractivity contribution in [2.75, 3.05) is 12.3 Å². The number of rotatable bonds is 15. The van der Waals surface area contributed by atoms with Gasteiger partial charge in [-0.3, -0.25) is 14.4 Å². The van der Waals surface area contributed by atoms with E-state index in [0.717, 1.165) is 4.90 Å². The van der Waals surface area contributed by atoms with E-state index in [9.17, 15) is 24.3 Å². The molecule has 2 atom stereocenters. The van der Waals surface area contributed by atoms with Crippen molar-refractivity contribution in [2.45, 2.75) is 55.5 Å². The lowest BCUT2D eigenvalue weighted by atomic mass is 10.1. The maximum atomic E-state index is 12.5. The van der Waals surface area contributed by atoms with E-state index in [1.54, 1.807) is 11.8 Å². The Morgan fingerprint density at radius 3 is 2.23 bits per heavy atom. The van der Waals surface area contributed by atoms with Crippen LogP contribution in [-0.4, -0.2) is 58.3 Å². The Balaban J connectivity index is 2.56. The largest absolute Gasteiger partial charge is 0.481 e. The Hall–Kier alpha value is -2.59. The van der Waals surface area contributed by atoms with Gasteiger partial charge < -0.3 is 26.6 Å². The third kappa shape index (κ3) is 10.8. The number of benzene rings is 1. The quantitative estimate of drug-likeness (QED) is 0.201. The second kappa shape index (κ2) is 14.4. The van der Waals surface area contributed by atoms with Crippen LogP contribution < -0.4 is 16.4 Å². The second-order valence-electron chi connectivity index (χ2n) is 6.65. The number of hydrogen-bond donors (Lipinski definition) is 5. The highest BCUT2D eigenvalue weighted by atomic mass is 32.2. The molecule has 0 bridgehead atoms. The highest BCUT2D eigenvalue weighted by Crippen LogP contribution is 2.18. The molecule has 0 heterocycles. The molecule has 10 heteroatoms. The topological polar surface area (TPSA) is 159 Å². The Kier molecular flexibility index (Phi) is 12.2. The molecule has 0 saturated heterocycles. The van der Waals surface area contributed by atoms with Crippen molar-refractivity contribution in [1.29, 1.82) is 0 Å². The number of nitrogens with two attached hydrogens (primary N) is 1. The predicted molar refractivity (Wildman–Crippen MR) is 113 cm³/mol. The molecule has 0 aliphatic heterocycles. The van der Waals surface area contributed by atoms with Crippen molar-refractivity contribution < 1.29 is 29.4 Å². The summed E-state index contributed by atoms with van der Waals surface area (Å²) in [6.07, 6.45) is 0.840. The molecule has 0 unspecified atom stereocenters. The molecule has 0 radical (unpaired) electrons. The summed E-state index contributed by atoms with van der Waals surface area (Å²) < 4.78 is 0. The highest BCUT2D eigenvalue weighted by molar-refractivity contribution is 7.99. The summed E-state index contributed by atoms with van der Waals surface area (Å²) in [5.74, 6) is -2.71. The summed E-state index contributed by atoms with van der Waals surface area (Å²) in [4.78, 5) is 48.0. The molecule has 1 aromatic rings. The summed E-state index contributed by atoms with van der Waals surface area (Å²) in [6, 6.07) is 7.46. The molecular weight excluding hydrogens is 410 g/mol. The fourth-order valence-electron chi connectivity index (χ4n) is 2.59. The zero-order chi connectivity index (χ0) is 22.4. The Bertz CT molecular complexity index is 701. The Labute approximate surface area is 179 Å². The lowest BCUT2D eigenvalue weighted by molar-refractivity contribution is -0.143. The molecule has 1 rings (SSSR count). The number of nitrogens with one attached hydrogen (secondary N) is 2. The third-order valence-corrected chi connectivity index (χ3v) is 5.27. The van der Waals surface area contributed by atoms with E-state index in [2.05, 4.69) is 10.6 Å². The number of amides is 2. The fourth-order valence-corrected chi connectivity index (χ4v) is 3.47. The smallest absolute Gasteiger partial charge is 0.326 e. The minimum absolute atomic E-state index is 0.130. The van der Waals surface area contributed by atoms with Crippen molar-refractivity contribution in [2.24, 2.45) is 5.73 Å². The zero-order valence-corrected chi connectivity index (χ0v) is 17.5. The number of carboxylic acids is 2. The summed E-state index contributed by atoms with van der Waals surface area (Å²) in [6.45, 7) is 0.278. The van der Waals surface area contributed by atoms with Crippen molar-refractivity contribution in [3.8, 4) is 0 Å². The van der Waals surface area contributed by atoms with E-state index in [-0.39, 0.29) is 38.1 Å². The van der Waals surface area contributed by atoms with E-state index in [1.807, 2.05) is 30.3 Å². The van der Waals surface area contributed by atoms with Gasteiger partial charge in [0.05, 0.1) is 0 Å². The second-order valence-corrected chi connectivity index (χ2v) is 7.82. The predicted octanol–water partition coefficient (Wildman–Crippen LogP) is 1.22. The van der Waals surface area contributed by atoms with Gasteiger partial charge in [-0.15, -0.1) is 11.8 Å². The third-order valence-electron chi connectivity index (χ3n) is 4.17.